The first-order valence-corrected chi connectivity index (χ1v) is 9.79. The zero-order chi connectivity index (χ0) is 19.4. The van der Waals surface area contributed by atoms with Crippen LogP contribution in [0.15, 0.2) is 24.3 Å². The highest BCUT2D eigenvalue weighted by atomic mass is 16.4. The van der Waals surface area contributed by atoms with Crippen LogP contribution in [0.2, 0.25) is 0 Å². The lowest BCUT2D eigenvalue weighted by Crippen LogP contribution is -2.19. The molecule has 2 aromatic rings. The Morgan fingerprint density at radius 1 is 1.04 bits per heavy atom. The van der Waals surface area contributed by atoms with Crippen LogP contribution in [-0.4, -0.2) is 26.6 Å². The Bertz CT molecular complexity index is 815. The third kappa shape index (κ3) is 4.85. The average Bonchev–Trinajstić information content (AvgIpc) is 2.91. The van der Waals surface area contributed by atoms with Crippen LogP contribution in [-0.2, 0) is 29.0 Å². The van der Waals surface area contributed by atoms with Gasteiger partial charge in [-0.15, -0.1) is 0 Å². The lowest BCUT2D eigenvalue weighted by Gasteiger charge is -2.20. The van der Waals surface area contributed by atoms with Gasteiger partial charge in [0.15, 0.2) is 0 Å². The van der Waals surface area contributed by atoms with Gasteiger partial charge >= 0.3 is 5.97 Å². The van der Waals surface area contributed by atoms with E-state index in [1.165, 1.54) is 19.3 Å². The highest BCUT2D eigenvalue weighted by Crippen LogP contribution is 2.25. The Labute approximate surface area is 160 Å². The zero-order valence-corrected chi connectivity index (χ0v) is 16.2. The molecule has 0 spiro atoms. The number of carboxylic acid groups (broad SMARTS) is 1. The minimum Gasteiger partial charge on any atom is -0.481 e. The number of aliphatic carboxylic acids is 1. The first kappa shape index (κ1) is 19.3. The van der Waals surface area contributed by atoms with E-state index >= 15 is 0 Å². The molecule has 0 bridgehead atoms. The fourth-order valence-electron chi connectivity index (χ4n) is 4.00. The topological polar surface area (TPSA) is 72.2 Å². The van der Waals surface area contributed by atoms with Crippen molar-refractivity contribution in [1.82, 2.24) is 9.78 Å². The molecule has 0 atom stereocenters. The molecule has 0 amide bonds. The second kappa shape index (κ2) is 8.51. The monoisotopic (exact) mass is 368 g/mol. The van der Waals surface area contributed by atoms with Gasteiger partial charge in [-0.3, -0.25) is 14.3 Å². The predicted octanol–water partition coefficient (Wildman–Crippen LogP) is 3.87. The molecule has 1 aromatic carbocycles. The van der Waals surface area contributed by atoms with Crippen LogP contribution >= 0.6 is 0 Å². The van der Waals surface area contributed by atoms with E-state index in [0.29, 0.717) is 18.7 Å². The third-order valence-corrected chi connectivity index (χ3v) is 5.65. The summed E-state index contributed by atoms with van der Waals surface area (Å²) in [5.41, 5.74) is 4.61. The quantitative estimate of drug-likeness (QED) is 0.805. The lowest BCUT2D eigenvalue weighted by atomic mass is 9.84. The molecular weight excluding hydrogens is 340 g/mol. The summed E-state index contributed by atoms with van der Waals surface area (Å²) in [4.78, 5) is 23.5. The van der Waals surface area contributed by atoms with Crippen LogP contribution in [0, 0.1) is 19.8 Å². The van der Waals surface area contributed by atoms with Crippen molar-refractivity contribution in [3.63, 3.8) is 0 Å². The normalized spacial score (nSPS) is 15.0. The van der Waals surface area contributed by atoms with Crippen LogP contribution in [0.5, 0.6) is 0 Å². The molecule has 3 rings (SSSR count). The summed E-state index contributed by atoms with van der Waals surface area (Å²) >= 11 is 0. The van der Waals surface area contributed by atoms with Crippen LogP contribution in [0.25, 0.3) is 0 Å². The molecule has 1 fully saturated rings. The third-order valence-electron chi connectivity index (χ3n) is 5.65. The number of ketones is 1. The number of carbonyl (C=O) groups is 2. The number of hydrogen-bond donors (Lipinski definition) is 1. The van der Waals surface area contributed by atoms with Crippen molar-refractivity contribution < 1.29 is 14.7 Å². The number of aromatic nitrogens is 2. The first-order chi connectivity index (χ1) is 12.9. The molecule has 144 valence electrons. The summed E-state index contributed by atoms with van der Waals surface area (Å²) in [6, 6.07) is 8.13. The van der Waals surface area contributed by atoms with Crippen molar-refractivity contribution in [3.05, 3.63) is 52.3 Å². The van der Waals surface area contributed by atoms with Gasteiger partial charge in [0.25, 0.3) is 0 Å². The summed E-state index contributed by atoms with van der Waals surface area (Å²) < 4.78 is 1.86. The van der Waals surface area contributed by atoms with Gasteiger partial charge in [0.05, 0.1) is 18.7 Å². The summed E-state index contributed by atoms with van der Waals surface area (Å²) in [5.74, 6) is -0.215. The highest BCUT2D eigenvalue weighted by Gasteiger charge is 2.21. The van der Waals surface area contributed by atoms with Crippen molar-refractivity contribution >= 4 is 11.8 Å². The van der Waals surface area contributed by atoms with E-state index in [0.717, 1.165) is 40.9 Å². The molecule has 27 heavy (non-hydrogen) atoms. The van der Waals surface area contributed by atoms with E-state index in [2.05, 4.69) is 5.10 Å². The van der Waals surface area contributed by atoms with E-state index in [9.17, 15) is 9.59 Å². The first-order valence-electron chi connectivity index (χ1n) is 9.79. The van der Waals surface area contributed by atoms with Crippen LogP contribution in [0.4, 0.5) is 0 Å². The number of hydrogen-bond acceptors (Lipinski definition) is 3. The maximum absolute atomic E-state index is 12.5. The zero-order valence-electron chi connectivity index (χ0n) is 16.2. The predicted molar refractivity (Wildman–Crippen MR) is 104 cm³/mol. The van der Waals surface area contributed by atoms with E-state index in [-0.39, 0.29) is 12.3 Å². The molecule has 0 radical (unpaired) electrons. The molecule has 1 aliphatic rings. The standard InChI is InChI=1S/C22H28N2O3/c1-15-20(13-22(26)27)16(2)24(23-15)14-18-10-8-17(9-11-18)12-21(25)19-6-4-3-5-7-19/h8-11,19H,3-7,12-14H2,1-2H3,(H,26,27). The molecule has 1 N–H and O–H groups in total. The maximum Gasteiger partial charge on any atom is 0.307 e. The van der Waals surface area contributed by atoms with E-state index in [1.54, 1.807) is 0 Å². The molecule has 1 aliphatic carbocycles. The second-order valence-corrected chi connectivity index (χ2v) is 7.67. The van der Waals surface area contributed by atoms with Crippen molar-refractivity contribution in [1.29, 1.82) is 0 Å². The minimum absolute atomic E-state index is 0.000116. The molecular formula is C22H28N2O3. The van der Waals surface area contributed by atoms with Gasteiger partial charge in [-0.2, -0.15) is 5.10 Å². The van der Waals surface area contributed by atoms with Crippen LogP contribution in [0.3, 0.4) is 0 Å². The molecule has 0 saturated heterocycles. The Morgan fingerprint density at radius 2 is 1.67 bits per heavy atom. The summed E-state index contributed by atoms with van der Waals surface area (Å²) in [6.45, 7) is 4.36. The van der Waals surface area contributed by atoms with Crippen molar-refractivity contribution in [2.24, 2.45) is 5.92 Å². The number of benzene rings is 1. The number of carbonyl (C=O) groups excluding carboxylic acids is 1. The van der Waals surface area contributed by atoms with Gasteiger partial charge in [0, 0.05) is 23.6 Å². The smallest absolute Gasteiger partial charge is 0.307 e. The highest BCUT2D eigenvalue weighted by molar-refractivity contribution is 5.83. The fourth-order valence-corrected chi connectivity index (χ4v) is 4.00. The van der Waals surface area contributed by atoms with Gasteiger partial charge in [0.2, 0.25) is 0 Å². The maximum atomic E-state index is 12.5. The second-order valence-electron chi connectivity index (χ2n) is 7.67. The number of Topliss-reactive ketones (excluding diaryl/α,β-unsaturated/α-hetero) is 1. The largest absolute Gasteiger partial charge is 0.481 e. The van der Waals surface area contributed by atoms with Gasteiger partial charge in [0.1, 0.15) is 5.78 Å². The van der Waals surface area contributed by atoms with Gasteiger partial charge < -0.3 is 5.11 Å². The van der Waals surface area contributed by atoms with Crippen molar-refractivity contribution in [2.45, 2.75) is 65.3 Å². The number of carboxylic acids is 1. The van der Waals surface area contributed by atoms with E-state index < -0.39 is 5.97 Å². The molecule has 1 heterocycles. The Kier molecular flexibility index (Phi) is 6.09. The minimum atomic E-state index is -0.840. The van der Waals surface area contributed by atoms with E-state index in [4.69, 9.17) is 5.11 Å². The van der Waals surface area contributed by atoms with Crippen LogP contribution in [0.1, 0.15) is 60.2 Å². The Hall–Kier alpha value is -2.43. The summed E-state index contributed by atoms with van der Waals surface area (Å²) in [6.07, 6.45) is 6.25. The summed E-state index contributed by atoms with van der Waals surface area (Å²) in [5, 5.41) is 13.5. The molecule has 0 aliphatic heterocycles. The molecule has 5 nitrogen and oxygen atoms in total. The van der Waals surface area contributed by atoms with Gasteiger partial charge in [-0.1, -0.05) is 43.5 Å². The molecule has 5 heteroatoms. The van der Waals surface area contributed by atoms with Crippen LogP contribution < -0.4 is 0 Å². The number of rotatable bonds is 7. The number of nitrogens with zero attached hydrogens (tertiary/aromatic N) is 2. The molecule has 1 aromatic heterocycles. The molecule has 1 saturated carbocycles. The Morgan fingerprint density at radius 3 is 2.30 bits per heavy atom. The summed E-state index contributed by atoms with van der Waals surface area (Å²) in [7, 11) is 0. The average molecular weight is 368 g/mol. The van der Waals surface area contributed by atoms with Gasteiger partial charge in [-0.05, 0) is 37.8 Å². The lowest BCUT2D eigenvalue weighted by molar-refractivity contribution is -0.136. The molecule has 0 unspecified atom stereocenters. The SMILES string of the molecule is Cc1nn(Cc2ccc(CC(=O)C3CCCCC3)cc2)c(C)c1CC(=O)O. The van der Waals surface area contributed by atoms with E-state index in [1.807, 2.05) is 42.8 Å². The Balaban J connectivity index is 1.64. The number of aryl methyl sites for hydroxylation is 1. The van der Waals surface area contributed by atoms with Gasteiger partial charge in [-0.25, -0.2) is 0 Å². The fraction of sp³-hybridized carbons (Fsp3) is 0.500. The van der Waals surface area contributed by atoms with Crippen molar-refractivity contribution in [2.75, 3.05) is 0 Å². The van der Waals surface area contributed by atoms with Crippen molar-refractivity contribution in [3.8, 4) is 0 Å².